The van der Waals surface area contributed by atoms with Gasteiger partial charge in [-0.05, 0) is 37.8 Å². The van der Waals surface area contributed by atoms with E-state index in [1.807, 2.05) is 0 Å². The molecule has 0 aliphatic carbocycles. The summed E-state index contributed by atoms with van der Waals surface area (Å²) in [5, 5.41) is 12.4. The number of pyridine rings is 1. The van der Waals surface area contributed by atoms with Crippen molar-refractivity contribution in [2.24, 2.45) is 5.41 Å². The SMILES string of the molecule is CCC(CC)(NC(=O)c1ccc(N2CCCC2)c(OCC2(CO)COC2)n1)C(=O)OCF. The number of nitrogens with one attached hydrogen (secondary N) is 1. The second-order valence-electron chi connectivity index (χ2n) is 8.44. The van der Waals surface area contributed by atoms with Crippen LogP contribution in [0.2, 0.25) is 0 Å². The molecule has 2 saturated heterocycles. The molecule has 3 rings (SSSR count). The summed E-state index contributed by atoms with van der Waals surface area (Å²) in [4.78, 5) is 31.9. The van der Waals surface area contributed by atoms with Gasteiger partial charge in [0, 0.05) is 13.1 Å². The molecule has 0 radical (unpaired) electrons. The molecule has 1 amide bonds. The number of aromatic nitrogens is 1. The van der Waals surface area contributed by atoms with Gasteiger partial charge in [0.25, 0.3) is 5.91 Å². The third-order valence-electron chi connectivity index (χ3n) is 6.32. The summed E-state index contributed by atoms with van der Waals surface area (Å²) in [5.74, 6) is -1.10. The fourth-order valence-corrected chi connectivity index (χ4v) is 3.93. The van der Waals surface area contributed by atoms with E-state index < -0.39 is 29.7 Å². The van der Waals surface area contributed by atoms with Crippen LogP contribution < -0.4 is 15.0 Å². The second-order valence-corrected chi connectivity index (χ2v) is 8.44. The predicted molar refractivity (Wildman–Crippen MR) is 114 cm³/mol. The number of hydrogen-bond donors (Lipinski definition) is 2. The first-order chi connectivity index (χ1) is 15.4. The largest absolute Gasteiger partial charge is 0.475 e. The quantitative estimate of drug-likeness (QED) is 0.489. The Hall–Kier alpha value is -2.46. The molecule has 0 saturated carbocycles. The number of alkyl halides is 1. The molecule has 1 aromatic heterocycles. The van der Waals surface area contributed by atoms with Gasteiger partial charge in [-0.2, -0.15) is 0 Å². The molecule has 9 nitrogen and oxygen atoms in total. The first-order valence-corrected chi connectivity index (χ1v) is 11.1. The summed E-state index contributed by atoms with van der Waals surface area (Å²) in [7, 11) is 0. The van der Waals surface area contributed by atoms with Gasteiger partial charge in [0.1, 0.15) is 17.8 Å². The maximum atomic E-state index is 13.0. The van der Waals surface area contributed by atoms with Gasteiger partial charge in [0.2, 0.25) is 12.7 Å². The fraction of sp³-hybridized carbons (Fsp3) is 0.682. The Morgan fingerprint density at radius 3 is 2.50 bits per heavy atom. The second kappa shape index (κ2) is 10.4. The Morgan fingerprint density at radius 2 is 1.97 bits per heavy atom. The van der Waals surface area contributed by atoms with Gasteiger partial charge in [-0.3, -0.25) is 4.79 Å². The first kappa shape index (κ1) is 24.2. The van der Waals surface area contributed by atoms with Crippen molar-refractivity contribution in [3.05, 3.63) is 17.8 Å². The minimum atomic E-state index is -1.34. The highest BCUT2D eigenvalue weighted by atomic mass is 19.1. The predicted octanol–water partition coefficient (Wildman–Crippen LogP) is 1.83. The Bertz CT molecular complexity index is 801. The molecule has 2 aliphatic heterocycles. The highest BCUT2D eigenvalue weighted by molar-refractivity contribution is 5.97. The van der Waals surface area contributed by atoms with E-state index >= 15 is 0 Å². The number of carbonyl (C=O) groups is 2. The average molecular weight is 454 g/mol. The number of ether oxygens (including phenoxy) is 3. The minimum Gasteiger partial charge on any atom is -0.475 e. The van der Waals surface area contributed by atoms with Crippen LogP contribution in [0.5, 0.6) is 5.88 Å². The van der Waals surface area contributed by atoms with Gasteiger partial charge in [0.15, 0.2) is 0 Å². The van der Waals surface area contributed by atoms with Crippen molar-refractivity contribution in [2.75, 3.05) is 51.3 Å². The monoisotopic (exact) mass is 453 g/mol. The van der Waals surface area contributed by atoms with Gasteiger partial charge in [-0.1, -0.05) is 13.8 Å². The molecule has 2 N–H and O–H groups in total. The van der Waals surface area contributed by atoms with Crippen LogP contribution in [0.4, 0.5) is 10.1 Å². The summed E-state index contributed by atoms with van der Waals surface area (Å²) in [5.41, 5.74) is -0.964. The van der Waals surface area contributed by atoms with E-state index in [0.29, 0.717) is 19.1 Å². The standard InChI is InChI=1S/C22H32FN3O6/c1-3-22(4-2,20(29)32-15-23)25-18(28)16-7-8-17(26-9-5-6-10-26)19(24-16)31-14-21(11-27)12-30-13-21/h7-8,27H,3-6,9-15H2,1-2H3,(H,25,28). The van der Waals surface area contributed by atoms with Crippen LogP contribution in [-0.2, 0) is 14.3 Å². The molecule has 0 atom stereocenters. The number of aliphatic hydroxyl groups is 1. The number of anilines is 1. The molecule has 0 unspecified atom stereocenters. The Labute approximate surface area is 187 Å². The molecule has 178 valence electrons. The van der Waals surface area contributed by atoms with Crippen molar-refractivity contribution in [2.45, 2.75) is 45.1 Å². The molecule has 32 heavy (non-hydrogen) atoms. The van der Waals surface area contributed by atoms with E-state index in [-0.39, 0.29) is 31.7 Å². The van der Waals surface area contributed by atoms with Crippen molar-refractivity contribution in [1.82, 2.24) is 10.3 Å². The van der Waals surface area contributed by atoms with Gasteiger partial charge in [-0.15, -0.1) is 0 Å². The number of amides is 1. The molecule has 0 spiro atoms. The third-order valence-corrected chi connectivity index (χ3v) is 6.32. The third kappa shape index (κ3) is 4.96. The molecule has 2 aliphatic rings. The number of nitrogens with zero attached hydrogens (tertiary/aromatic N) is 2. The maximum absolute atomic E-state index is 13.0. The normalized spacial score (nSPS) is 17.6. The van der Waals surface area contributed by atoms with E-state index in [9.17, 15) is 19.1 Å². The lowest BCUT2D eigenvalue weighted by Crippen LogP contribution is -2.54. The first-order valence-electron chi connectivity index (χ1n) is 11.1. The number of halogens is 1. The van der Waals surface area contributed by atoms with Crippen LogP contribution in [-0.4, -0.2) is 73.9 Å². The average Bonchev–Trinajstić information content (AvgIpc) is 3.31. The van der Waals surface area contributed by atoms with Crippen molar-refractivity contribution in [1.29, 1.82) is 0 Å². The molecular weight excluding hydrogens is 421 g/mol. The van der Waals surface area contributed by atoms with Crippen molar-refractivity contribution < 1.29 is 33.3 Å². The lowest BCUT2D eigenvalue weighted by atomic mass is 9.88. The minimum absolute atomic E-state index is 0.0710. The Morgan fingerprint density at radius 1 is 1.28 bits per heavy atom. The number of esters is 1. The summed E-state index contributed by atoms with van der Waals surface area (Å²) in [6.45, 7) is 4.84. The summed E-state index contributed by atoms with van der Waals surface area (Å²) < 4.78 is 28.3. The number of carbonyl (C=O) groups excluding carboxylic acids is 2. The fourth-order valence-electron chi connectivity index (χ4n) is 3.93. The Kier molecular flexibility index (Phi) is 7.89. The molecule has 0 bridgehead atoms. The van der Waals surface area contributed by atoms with Crippen LogP contribution in [0.1, 0.15) is 50.0 Å². The van der Waals surface area contributed by atoms with Crippen LogP contribution in [0.25, 0.3) is 0 Å². The van der Waals surface area contributed by atoms with E-state index in [4.69, 9.17) is 9.47 Å². The highest BCUT2D eigenvalue weighted by Crippen LogP contribution is 2.33. The van der Waals surface area contributed by atoms with Crippen LogP contribution in [0.15, 0.2) is 12.1 Å². The lowest BCUT2D eigenvalue weighted by molar-refractivity contribution is -0.155. The van der Waals surface area contributed by atoms with Gasteiger partial charge in [0.05, 0.1) is 30.9 Å². The zero-order valence-corrected chi connectivity index (χ0v) is 18.7. The number of rotatable bonds is 11. The molecule has 0 aromatic carbocycles. The molecule has 3 heterocycles. The maximum Gasteiger partial charge on any atom is 0.334 e. The summed E-state index contributed by atoms with van der Waals surface area (Å²) >= 11 is 0. The van der Waals surface area contributed by atoms with E-state index in [2.05, 4.69) is 19.9 Å². The van der Waals surface area contributed by atoms with Crippen molar-refractivity contribution >= 4 is 17.6 Å². The van der Waals surface area contributed by atoms with Crippen LogP contribution >= 0.6 is 0 Å². The summed E-state index contributed by atoms with van der Waals surface area (Å²) in [6.07, 6.45) is 2.59. The van der Waals surface area contributed by atoms with E-state index in [1.54, 1.807) is 26.0 Å². The highest BCUT2D eigenvalue weighted by Gasteiger charge is 2.40. The van der Waals surface area contributed by atoms with Crippen LogP contribution in [0.3, 0.4) is 0 Å². The van der Waals surface area contributed by atoms with E-state index in [0.717, 1.165) is 31.6 Å². The lowest BCUT2D eigenvalue weighted by Gasteiger charge is -2.39. The number of aliphatic hydroxyl groups excluding tert-OH is 1. The van der Waals surface area contributed by atoms with E-state index in [1.165, 1.54) is 0 Å². The van der Waals surface area contributed by atoms with Gasteiger partial charge < -0.3 is 29.5 Å². The van der Waals surface area contributed by atoms with Crippen LogP contribution in [0, 0.1) is 5.41 Å². The summed E-state index contributed by atoms with van der Waals surface area (Å²) in [6, 6.07) is 3.37. The van der Waals surface area contributed by atoms with Gasteiger partial charge >= 0.3 is 5.97 Å². The Balaban J connectivity index is 1.84. The van der Waals surface area contributed by atoms with Crippen molar-refractivity contribution in [3.8, 4) is 5.88 Å². The molecule has 2 fully saturated rings. The number of hydrogen-bond acceptors (Lipinski definition) is 8. The van der Waals surface area contributed by atoms with Gasteiger partial charge in [-0.25, -0.2) is 14.2 Å². The zero-order valence-electron chi connectivity index (χ0n) is 18.7. The molecule has 1 aromatic rings. The molecular formula is C22H32FN3O6. The van der Waals surface area contributed by atoms with Crippen molar-refractivity contribution in [3.63, 3.8) is 0 Å². The topological polar surface area (TPSA) is 110 Å². The molecule has 10 heteroatoms. The zero-order chi connectivity index (χ0) is 23.2. The smallest absolute Gasteiger partial charge is 0.334 e.